The summed E-state index contributed by atoms with van der Waals surface area (Å²) in [5.74, 6) is 0. The van der Waals surface area contributed by atoms with Crippen molar-refractivity contribution in [2.45, 2.75) is 85.4 Å². The first-order valence-electron chi connectivity index (χ1n) is 12.4. The number of aromatic nitrogens is 1. The molecule has 0 N–H and O–H groups in total. The zero-order valence-electron chi connectivity index (χ0n) is 21.8. The Balaban J connectivity index is 1.86. The molecule has 0 unspecified atom stereocenters. The van der Waals surface area contributed by atoms with E-state index in [1.54, 1.807) is 5.19 Å². The molecule has 1 aliphatic rings. The molecule has 0 radical (unpaired) electrons. The lowest BCUT2D eigenvalue weighted by molar-refractivity contribution is -0.659. The average molecular weight is 445 g/mol. The minimum Gasteiger partial charge on any atom is -0.200 e. The predicted molar refractivity (Wildman–Crippen MR) is 143 cm³/mol. The molecule has 3 aromatic rings. The zero-order valence-corrected chi connectivity index (χ0v) is 22.8. The van der Waals surface area contributed by atoms with E-state index in [1.165, 1.54) is 63.7 Å². The third-order valence-electron chi connectivity index (χ3n) is 8.33. The number of fused-ring (bicyclic) bond motifs is 1. The maximum Gasteiger partial charge on any atom is 0.220 e. The summed E-state index contributed by atoms with van der Waals surface area (Å²) in [7, 11) is 0.805. The van der Waals surface area contributed by atoms with E-state index in [-0.39, 0.29) is 5.41 Å². The van der Waals surface area contributed by atoms with Crippen LogP contribution in [-0.4, -0.2) is 8.07 Å². The van der Waals surface area contributed by atoms with Gasteiger partial charge in [0.25, 0.3) is 0 Å². The second-order valence-corrected chi connectivity index (χ2v) is 17.2. The highest BCUT2D eigenvalue weighted by Crippen LogP contribution is 2.41. The molecule has 0 atom stereocenters. The Bertz CT molecular complexity index is 1170. The number of rotatable bonds is 2. The van der Waals surface area contributed by atoms with E-state index in [0.717, 1.165) is 0 Å². The molecule has 0 spiro atoms. The summed E-state index contributed by atoms with van der Waals surface area (Å²) in [5.41, 5.74) is 7.56. The smallest absolute Gasteiger partial charge is 0.200 e. The number of hydrogen-bond donors (Lipinski definition) is 0. The normalized spacial score (nSPS) is 18.2. The highest BCUT2D eigenvalue weighted by Gasteiger charge is 2.38. The van der Waals surface area contributed by atoms with Gasteiger partial charge in [-0.25, -0.2) is 4.57 Å². The highest BCUT2D eigenvalue weighted by atomic mass is 28.3. The summed E-state index contributed by atoms with van der Waals surface area (Å²) in [4.78, 5) is 0. The summed E-state index contributed by atoms with van der Waals surface area (Å²) in [6, 6.07) is 17.4. The largest absolute Gasteiger partial charge is 0.220 e. The Morgan fingerprint density at radius 3 is 2.22 bits per heavy atom. The molecule has 2 heterocycles. The van der Waals surface area contributed by atoms with Gasteiger partial charge in [0.15, 0.2) is 6.20 Å². The van der Waals surface area contributed by atoms with E-state index in [4.69, 9.17) is 0 Å². The molecule has 1 nitrogen and oxygen atoms in total. The quantitative estimate of drug-likeness (QED) is 0.287. The van der Waals surface area contributed by atoms with Crippen LogP contribution in [0.25, 0.3) is 22.0 Å². The molecule has 1 saturated heterocycles. The Labute approximate surface area is 196 Å². The van der Waals surface area contributed by atoms with Crippen LogP contribution in [-0.2, 0) is 12.5 Å². The lowest BCUT2D eigenvalue weighted by atomic mass is 9.83. The first-order chi connectivity index (χ1) is 14.8. The topological polar surface area (TPSA) is 3.88 Å². The van der Waals surface area contributed by atoms with E-state index in [2.05, 4.69) is 109 Å². The lowest BCUT2D eigenvalue weighted by Gasteiger charge is -2.40. The fraction of sp³-hybridized carbons (Fsp3) is 0.500. The summed E-state index contributed by atoms with van der Waals surface area (Å²) >= 11 is 0. The van der Waals surface area contributed by atoms with Crippen molar-refractivity contribution < 1.29 is 4.57 Å². The SMILES string of the molecule is Cc1cc(C(C)(C)C)cc(-c2c3ccc([Si]4(C)CCC(C)(C)CC4)cc3cc[n+]2C)c1C. The van der Waals surface area contributed by atoms with Crippen LogP contribution in [0.5, 0.6) is 0 Å². The summed E-state index contributed by atoms with van der Waals surface area (Å²) < 4.78 is 2.32. The highest BCUT2D eigenvalue weighted by molar-refractivity contribution is 6.91. The Kier molecular flexibility index (Phi) is 5.69. The molecule has 170 valence electrons. The van der Waals surface area contributed by atoms with E-state index < -0.39 is 8.07 Å². The lowest BCUT2D eigenvalue weighted by Crippen LogP contribution is -2.48. The van der Waals surface area contributed by atoms with E-state index in [1.807, 2.05) is 0 Å². The number of benzene rings is 2. The van der Waals surface area contributed by atoms with Gasteiger partial charge in [0, 0.05) is 6.07 Å². The fourth-order valence-corrected chi connectivity index (χ4v) is 9.66. The number of pyridine rings is 1. The second-order valence-electron chi connectivity index (χ2n) is 12.5. The molecular formula is C30H42NSi+. The molecule has 2 aromatic carbocycles. The van der Waals surface area contributed by atoms with Crippen molar-refractivity contribution in [1.82, 2.24) is 0 Å². The summed E-state index contributed by atoms with van der Waals surface area (Å²) in [6.45, 7) is 19.0. The Morgan fingerprint density at radius 2 is 1.59 bits per heavy atom. The Morgan fingerprint density at radius 1 is 0.938 bits per heavy atom. The van der Waals surface area contributed by atoms with Crippen molar-refractivity contribution in [3.05, 3.63) is 59.3 Å². The van der Waals surface area contributed by atoms with Crippen molar-refractivity contribution >= 4 is 24.0 Å². The number of aryl methyl sites for hydroxylation is 2. The predicted octanol–water partition coefficient (Wildman–Crippen LogP) is 7.35. The monoisotopic (exact) mass is 444 g/mol. The van der Waals surface area contributed by atoms with E-state index in [0.29, 0.717) is 5.41 Å². The van der Waals surface area contributed by atoms with Gasteiger partial charge in [0.05, 0.1) is 19.0 Å². The average Bonchev–Trinajstić information content (AvgIpc) is 2.71. The number of nitrogens with zero attached hydrogens (tertiary/aromatic N) is 1. The second kappa shape index (κ2) is 7.83. The molecule has 32 heavy (non-hydrogen) atoms. The van der Waals surface area contributed by atoms with Crippen LogP contribution in [0.3, 0.4) is 0 Å². The maximum atomic E-state index is 2.62. The molecular weight excluding hydrogens is 402 g/mol. The molecule has 0 bridgehead atoms. The van der Waals surface area contributed by atoms with Crippen LogP contribution in [0.15, 0.2) is 42.6 Å². The van der Waals surface area contributed by atoms with Crippen molar-refractivity contribution in [2.75, 3.05) is 0 Å². The molecule has 1 fully saturated rings. The molecule has 2 heteroatoms. The first-order valence-corrected chi connectivity index (χ1v) is 15.3. The third kappa shape index (κ3) is 4.19. The zero-order chi connectivity index (χ0) is 23.5. The van der Waals surface area contributed by atoms with E-state index >= 15 is 0 Å². The molecule has 0 amide bonds. The van der Waals surface area contributed by atoms with Crippen LogP contribution in [0.2, 0.25) is 18.6 Å². The van der Waals surface area contributed by atoms with Crippen molar-refractivity contribution in [3.63, 3.8) is 0 Å². The van der Waals surface area contributed by atoms with Crippen LogP contribution in [0.1, 0.15) is 64.2 Å². The molecule has 0 saturated carbocycles. The molecule has 1 aromatic heterocycles. The molecule has 4 rings (SSSR count). The third-order valence-corrected chi connectivity index (χ3v) is 12.7. The van der Waals surface area contributed by atoms with Gasteiger partial charge in [-0.2, -0.15) is 0 Å². The molecule has 1 aliphatic heterocycles. The van der Waals surface area contributed by atoms with Crippen molar-refractivity contribution in [3.8, 4) is 11.3 Å². The van der Waals surface area contributed by atoms with Gasteiger partial charge in [0.1, 0.15) is 7.05 Å². The summed E-state index contributed by atoms with van der Waals surface area (Å²) in [6.07, 6.45) is 5.01. The van der Waals surface area contributed by atoms with Gasteiger partial charge < -0.3 is 0 Å². The van der Waals surface area contributed by atoms with Gasteiger partial charge in [-0.15, -0.1) is 0 Å². The van der Waals surface area contributed by atoms with Crippen molar-refractivity contribution in [1.29, 1.82) is 0 Å². The standard InChI is InChI=1S/C30H42NSi/c1-21-18-24(29(3,4)5)20-27(22(21)2)28-26-11-10-25(19-23(26)12-15-31(28)8)32(9)16-13-30(6,7)14-17-32/h10-12,15,18-20H,13-14,16-17H2,1-9H3/q+1. The van der Waals surface area contributed by atoms with Gasteiger partial charge in [-0.3, -0.25) is 0 Å². The van der Waals surface area contributed by atoms with Gasteiger partial charge >= 0.3 is 0 Å². The van der Waals surface area contributed by atoms with Crippen LogP contribution in [0.4, 0.5) is 0 Å². The van der Waals surface area contributed by atoms with Crippen LogP contribution < -0.4 is 9.75 Å². The maximum absolute atomic E-state index is 2.62. The fourth-order valence-electron chi connectivity index (χ4n) is 5.39. The molecule has 0 aliphatic carbocycles. The Hall–Kier alpha value is -1.93. The van der Waals surface area contributed by atoms with Crippen LogP contribution in [0, 0.1) is 19.3 Å². The van der Waals surface area contributed by atoms with Gasteiger partial charge in [0.2, 0.25) is 5.69 Å². The van der Waals surface area contributed by atoms with Crippen molar-refractivity contribution in [2.24, 2.45) is 12.5 Å². The minimum absolute atomic E-state index is 0.137. The van der Waals surface area contributed by atoms with Gasteiger partial charge in [-0.05, 0) is 58.9 Å². The van der Waals surface area contributed by atoms with E-state index in [9.17, 15) is 0 Å². The first kappa shape index (κ1) is 23.2. The summed E-state index contributed by atoms with van der Waals surface area (Å²) in [5, 5.41) is 4.42. The minimum atomic E-state index is -1.39. The van der Waals surface area contributed by atoms with Crippen LogP contribution >= 0.6 is 0 Å². The van der Waals surface area contributed by atoms with Gasteiger partial charge in [-0.1, -0.05) is 89.5 Å². The number of hydrogen-bond acceptors (Lipinski definition) is 0.